The van der Waals surface area contributed by atoms with Crippen LogP contribution in [0.1, 0.15) is 26.2 Å². The maximum absolute atomic E-state index is 8.97. The Morgan fingerprint density at radius 3 is 1.92 bits per heavy atom. The van der Waals surface area contributed by atoms with Gasteiger partial charge in [-0.05, 0) is 32.5 Å². The molecule has 0 radical (unpaired) electrons. The number of likely N-dealkylation sites (tertiary alicyclic amines) is 1. The third-order valence-electron chi connectivity index (χ3n) is 1.90. The van der Waals surface area contributed by atoms with Gasteiger partial charge in [-0.3, -0.25) is 4.55 Å². The van der Waals surface area contributed by atoms with E-state index in [1.165, 1.54) is 38.9 Å². The summed E-state index contributed by atoms with van der Waals surface area (Å²) >= 11 is 0. The molecule has 5 nitrogen and oxygen atoms in total. The van der Waals surface area contributed by atoms with Crippen LogP contribution in [0.25, 0.3) is 0 Å². The summed E-state index contributed by atoms with van der Waals surface area (Å²) in [5.41, 5.74) is 0. The van der Waals surface area contributed by atoms with E-state index in [4.69, 9.17) is 13.0 Å². The lowest BCUT2D eigenvalue weighted by atomic mass is 10.1. The van der Waals surface area contributed by atoms with Gasteiger partial charge in [0.25, 0.3) is 0 Å². The van der Waals surface area contributed by atoms with E-state index in [1.54, 1.807) is 0 Å². The maximum Gasteiger partial charge on any atom is 0.330 e. The quantitative estimate of drug-likeness (QED) is 0.607. The summed E-state index contributed by atoms with van der Waals surface area (Å²) in [5.74, 6) is 0. The average Bonchev–Trinajstić information content (AvgIpc) is 2.03. The zero-order chi connectivity index (χ0) is 10.3. The molecule has 0 aromatic carbocycles. The number of rotatable bonds is 1. The highest BCUT2D eigenvalue weighted by Gasteiger charge is 2.05. The Hall–Kier alpha value is -0.170. The highest BCUT2D eigenvalue weighted by atomic mass is 32.2. The molecule has 0 atom stereocenters. The van der Waals surface area contributed by atoms with Crippen LogP contribution in [-0.4, -0.2) is 37.5 Å². The molecule has 0 aromatic rings. The van der Waals surface area contributed by atoms with Crippen molar-refractivity contribution in [3.63, 3.8) is 0 Å². The number of nitrogens with zero attached hydrogens (tertiary/aromatic N) is 1. The molecular formula is C7H18N2O3S. The van der Waals surface area contributed by atoms with Crippen LogP contribution in [0, 0.1) is 0 Å². The molecule has 1 rings (SSSR count). The predicted octanol–water partition coefficient (Wildman–Crippen LogP) is 0.240. The molecule has 0 bridgehead atoms. The standard InChI is InChI=1S/C7H15N.H3NO3S/c1-2-8-6-4-3-5-7-8;1-5(2,3)4/h2-7H2,1H3;(H3,1,2,3,4). The van der Waals surface area contributed by atoms with Crippen molar-refractivity contribution in [3.05, 3.63) is 0 Å². The van der Waals surface area contributed by atoms with Crippen molar-refractivity contribution in [1.29, 1.82) is 0 Å². The molecule has 0 aromatic heterocycles. The van der Waals surface area contributed by atoms with Crippen LogP contribution in [0.4, 0.5) is 0 Å². The fourth-order valence-corrected chi connectivity index (χ4v) is 1.28. The van der Waals surface area contributed by atoms with Gasteiger partial charge in [-0.25, -0.2) is 5.14 Å². The van der Waals surface area contributed by atoms with Crippen molar-refractivity contribution < 1.29 is 13.0 Å². The summed E-state index contributed by atoms with van der Waals surface area (Å²) in [6.45, 7) is 6.18. The van der Waals surface area contributed by atoms with Crippen LogP contribution in [0.15, 0.2) is 0 Å². The molecule has 0 unspecified atom stereocenters. The molecule has 0 spiro atoms. The molecule has 1 heterocycles. The zero-order valence-corrected chi connectivity index (χ0v) is 8.76. The maximum atomic E-state index is 8.97. The fraction of sp³-hybridized carbons (Fsp3) is 1.00. The zero-order valence-electron chi connectivity index (χ0n) is 7.94. The number of hydrogen-bond donors (Lipinski definition) is 2. The molecule has 0 amide bonds. The summed E-state index contributed by atoms with van der Waals surface area (Å²) in [6.07, 6.45) is 4.30. The van der Waals surface area contributed by atoms with E-state index in [-0.39, 0.29) is 0 Å². The Labute approximate surface area is 79.8 Å². The number of piperidine rings is 1. The average molecular weight is 210 g/mol. The smallest absolute Gasteiger partial charge is 0.304 e. The van der Waals surface area contributed by atoms with Gasteiger partial charge in [-0.15, -0.1) is 0 Å². The predicted molar refractivity (Wildman–Crippen MR) is 51.7 cm³/mol. The summed E-state index contributed by atoms with van der Waals surface area (Å²) < 4.78 is 25.2. The third-order valence-corrected chi connectivity index (χ3v) is 1.90. The van der Waals surface area contributed by atoms with Crippen LogP contribution in [0.3, 0.4) is 0 Å². The lowest BCUT2D eigenvalue weighted by molar-refractivity contribution is 0.240. The third kappa shape index (κ3) is 11.8. The van der Waals surface area contributed by atoms with Crippen molar-refractivity contribution in [2.24, 2.45) is 5.14 Å². The Kier molecular flexibility index (Phi) is 6.23. The van der Waals surface area contributed by atoms with Crippen molar-refractivity contribution in [1.82, 2.24) is 4.90 Å². The highest BCUT2D eigenvalue weighted by molar-refractivity contribution is 7.83. The summed E-state index contributed by atoms with van der Waals surface area (Å²) in [7, 11) is -4.17. The first-order chi connectivity index (χ1) is 5.93. The van der Waals surface area contributed by atoms with Gasteiger partial charge < -0.3 is 4.90 Å². The van der Waals surface area contributed by atoms with Crippen molar-refractivity contribution in [2.75, 3.05) is 19.6 Å². The summed E-state index contributed by atoms with van der Waals surface area (Å²) in [4.78, 5) is 2.52. The van der Waals surface area contributed by atoms with Gasteiger partial charge in [0.05, 0.1) is 0 Å². The minimum atomic E-state index is -4.17. The Morgan fingerprint density at radius 2 is 1.69 bits per heavy atom. The van der Waals surface area contributed by atoms with E-state index in [9.17, 15) is 0 Å². The van der Waals surface area contributed by atoms with Crippen LogP contribution in [0.2, 0.25) is 0 Å². The molecule has 80 valence electrons. The molecule has 3 N–H and O–H groups in total. The first kappa shape index (κ1) is 12.8. The molecule has 1 fully saturated rings. The Morgan fingerprint density at radius 1 is 1.31 bits per heavy atom. The second-order valence-corrected chi connectivity index (χ2v) is 4.04. The largest absolute Gasteiger partial charge is 0.330 e. The van der Waals surface area contributed by atoms with Crippen molar-refractivity contribution >= 4 is 10.3 Å². The van der Waals surface area contributed by atoms with Crippen LogP contribution in [-0.2, 0) is 10.3 Å². The van der Waals surface area contributed by atoms with E-state index in [1.807, 2.05) is 0 Å². The van der Waals surface area contributed by atoms with E-state index in [2.05, 4.69) is 17.0 Å². The monoisotopic (exact) mass is 210 g/mol. The van der Waals surface area contributed by atoms with Gasteiger partial charge >= 0.3 is 10.3 Å². The van der Waals surface area contributed by atoms with Crippen molar-refractivity contribution in [2.45, 2.75) is 26.2 Å². The lowest BCUT2D eigenvalue weighted by Crippen LogP contribution is -2.29. The first-order valence-corrected chi connectivity index (χ1v) is 5.91. The van der Waals surface area contributed by atoms with Gasteiger partial charge in [0.2, 0.25) is 0 Å². The van der Waals surface area contributed by atoms with Crippen LogP contribution >= 0.6 is 0 Å². The van der Waals surface area contributed by atoms with Crippen LogP contribution in [0.5, 0.6) is 0 Å². The second kappa shape index (κ2) is 6.31. The minimum Gasteiger partial charge on any atom is -0.304 e. The van der Waals surface area contributed by atoms with E-state index < -0.39 is 10.3 Å². The molecule has 0 saturated carbocycles. The van der Waals surface area contributed by atoms with Gasteiger partial charge in [-0.1, -0.05) is 13.3 Å². The van der Waals surface area contributed by atoms with Gasteiger partial charge in [0.1, 0.15) is 0 Å². The molecule has 13 heavy (non-hydrogen) atoms. The summed E-state index contributed by atoms with van der Waals surface area (Å²) in [5, 5.41) is 3.88. The minimum absolute atomic E-state index is 1.25. The molecule has 1 aliphatic heterocycles. The summed E-state index contributed by atoms with van der Waals surface area (Å²) in [6, 6.07) is 0. The highest BCUT2D eigenvalue weighted by Crippen LogP contribution is 2.06. The normalized spacial score (nSPS) is 19.0. The number of hydrogen-bond acceptors (Lipinski definition) is 3. The van der Waals surface area contributed by atoms with Gasteiger partial charge in [0.15, 0.2) is 0 Å². The molecule has 0 aliphatic carbocycles. The van der Waals surface area contributed by atoms with E-state index in [0.717, 1.165) is 0 Å². The van der Waals surface area contributed by atoms with Gasteiger partial charge in [-0.2, -0.15) is 8.42 Å². The number of nitrogens with two attached hydrogens (primary N) is 1. The molecule has 1 saturated heterocycles. The molecule has 1 aliphatic rings. The second-order valence-electron chi connectivity index (χ2n) is 3.01. The topological polar surface area (TPSA) is 83.6 Å². The SMILES string of the molecule is CCN1CCCCC1.NS(=O)(=O)O. The van der Waals surface area contributed by atoms with E-state index >= 15 is 0 Å². The van der Waals surface area contributed by atoms with Crippen molar-refractivity contribution in [3.8, 4) is 0 Å². The lowest BCUT2D eigenvalue weighted by Gasteiger charge is -2.24. The van der Waals surface area contributed by atoms with Crippen LogP contribution < -0.4 is 5.14 Å². The fourth-order valence-electron chi connectivity index (χ4n) is 1.28. The Balaban J connectivity index is 0.000000252. The Bertz CT molecular complexity index is 202. The molecule has 6 heteroatoms. The molecular weight excluding hydrogens is 192 g/mol. The van der Waals surface area contributed by atoms with E-state index in [0.29, 0.717) is 0 Å². The first-order valence-electron chi connectivity index (χ1n) is 4.41. The van der Waals surface area contributed by atoms with Gasteiger partial charge in [0, 0.05) is 0 Å².